The molecular formula is C8H12O2. The van der Waals surface area contributed by atoms with E-state index >= 15 is 0 Å². The number of aldehydes is 1. The Bertz CT molecular complexity index is 163. The molecule has 0 aliphatic heterocycles. The summed E-state index contributed by atoms with van der Waals surface area (Å²) in [6, 6.07) is 0. The molecule has 0 radical (unpaired) electrons. The molecule has 0 saturated carbocycles. The molecular weight excluding hydrogens is 128 g/mol. The molecule has 1 aliphatic carbocycles. The highest BCUT2D eigenvalue weighted by Gasteiger charge is 2.24. The van der Waals surface area contributed by atoms with Crippen molar-refractivity contribution in [2.75, 3.05) is 0 Å². The number of allylic oxidation sites excluding steroid dienone is 1. The molecule has 0 saturated heterocycles. The second-order valence-electron chi connectivity index (χ2n) is 3.09. The smallest absolute Gasteiger partial charge is 0.129 e. The van der Waals surface area contributed by atoms with Gasteiger partial charge in [0.05, 0.1) is 6.10 Å². The molecule has 0 aromatic heterocycles. The predicted molar refractivity (Wildman–Crippen MR) is 38.6 cm³/mol. The first kappa shape index (κ1) is 7.48. The molecule has 1 aliphatic rings. The van der Waals surface area contributed by atoms with Gasteiger partial charge in [0.1, 0.15) is 6.29 Å². The molecule has 0 heterocycles. The van der Waals surface area contributed by atoms with E-state index in [4.69, 9.17) is 5.11 Å². The Labute approximate surface area is 60.6 Å². The Kier molecular flexibility index (Phi) is 1.90. The number of carbonyl (C=O) groups excluding carboxylic acids is 1. The van der Waals surface area contributed by atoms with Gasteiger partial charge in [0.2, 0.25) is 0 Å². The van der Waals surface area contributed by atoms with Crippen molar-refractivity contribution < 1.29 is 9.90 Å². The SMILES string of the molecule is C[C@@]1(C=O)C=C[C@H](O)CC1. The van der Waals surface area contributed by atoms with Gasteiger partial charge in [-0.3, -0.25) is 0 Å². The second-order valence-corrected chi connectivity index (χ2v) is 3.09. The van der Waals surface area contributed by atoms with E-state index in [1.165, 1.54) is 0 Å². The minimum atomic E-state index is -0.340. The summed E-state index contributed by atoms with van der Waals surface area (Å²) in [4.78, 5) is 10.5. The van der Waals surface area contributed by atoms with Crippen LogP contribution in [0.2, 0.25) is 0 Å². The molecule has 2 nitrogen and oxygen atoms in total. The van der Waals surface area contributed by atoms with Crippen LogP contribution in [0.5, 0.6) is 0 Å². The Morgan fingerprint density at radius 2 is 2.50 bits per heavy atom. The van der Waals surface area contributed by atoms with Gasteiger partial charge in [0, 0.05) is 5.41 Å². The molecule has 2 atom stereocenters. The first-order valence-electron chi connectivity index (χ1n) is 3.50. The van der Waals surface area contributed by atoms with Crippen molar-refractivity contribution >= 4 is 6.29 Å². The van der Waals surface area contributed by atoms with Crippen LogP contribution in [0.25, 0.3) is 0 Å². The van der Waals surface area contributed by atoms with Gasteiger partial charge in [0.25, 0.3) is 0 Å². The van der Waals surface area contributed by atoms with E-state index in [1.54, 1.807) is 12.2 Å². The zero-order valence-electron chi connectivity index (χ0n) is 6.08. The average molecular weight is 140 g/mol. The van der Waals surface area contributed by atoms with Crippen LogP contribution in [0.3, 0.4) is 0 Å². The lowest BCUT2D eigenvalue weighted by atomic mass is 9.81. The molecule has 1 N–H and O–H groups in total. The highest BCUT2D eigenvalue weighted by molar-refractivity contribution is 5.62. The highest BCUT2D eigenvalue weighted by Crippen LogP contribution is 2.27. The number of hydrogen-bond donors (Lipinski definition) is 1. The number of aliphatic hydroxyl groups is 1. The first-order chi connectivity index (χ1) is 4.66. The van der Waals surface area contributed by atoms with E-state index < -0.39 is 0 Å². The van der Waals surface area contributed by atoms with Crippen LogP contribution in [-0.2, 0) is 4.79 Å². The summed E-state index contributed by atoms with van der Waals surface area (Å²) in [6.45, 7) is 1.88. The van der Waals surface area contributed by atoms with Crippen LogP contribution in [0.4, 0.5) is 0 Å². The predicted octanol–water partition coefficient (Wildman–Crippen LogP) is 0.902. The first-order valence-corrected chi connectivity index (χ1v) is 3.50. The van der Waals surface area contributed by atoms with Crippen molar-refractivity contribution in [1.29, 1.82) is 0 Å². The molecule has 0 unspecified atom stereocenters. The lowest BCUT2D eigenvalue weighted by molar-refractivity contribution is -0.114. The maximum absolute atomic E-state index is 10.5. The molecule has 0 spiro atoms. The van der Waals surface area contributed by atoms with Gasteiger partial charge in [-0.1, -0.05) is 12.2 Å². The molecule has 56 valence electrons. The molecule has 0 aromatic carbocycles. The number of rotatable bonds is 1. The molecule has 10 heavy (non-hydrogen) atoms. The quantitative estimate of drug-likeness (QED) is 0.434. The minimum absolute atomic E-state index is 0.320. The van der Waals surface area contributed by atoms with E-state index in [9.17, 15) is 4.79 Å². The van der Waals surface area contributed by atoms with Crippen LogP contribution < -0.4 is 0 Å². The molecule has 2 heteroatoms. The maximum atomic E-state index is 10.5. The third kappa shape index (κ3) is 1.45. The Morgan fingerprint density at radius 1 is 1.80 bits per heavy atom. The Hall–Kier alpha value is -0.630. The van der Waals surface area contributed by atoms with Crippen molar-refractivity contribution in [3.8, 4) is 0 Å². The summed E-state index contributed by atoms with van der Waals surface area (Å²) in [7, 11) is 0. The summed E-state index contributed by atoms with van der Waals surface area (Å²) < 4.78 is 0. The van der Waals surface area contributed by atoms with E-state index in [1.807, 2.05) is 6.92 Å². The molecule has 1 rings (SSSR count). The van der Waals surface area contributed by atoms with E-state index in [2.05, 4.69) is 0 Å². The Morgan fingerprint density at radius 3 is 2.90 bits per heavy atom. The standard InChI is InChI=1S/C8H12O2/c1-8(6-9)4-2-7(10)3-5-8/h2,4,6-7,10H,3,5H2,1H3/t7-,8+/m0/s1. The van der Waals surface area contributed by atoms with Crippen molar-refractivity contribution in [2.45, 2.75) is 25.9 Å². The topological polar surface area (TPSA) is 37.3 Å². The van der Waals surface area contributed by atoms with E-state index in [0.29, 0.717) is 6.42 Å². The monoisotopic (exact) mass is 140 g/mol. The molecule has 0 bridgehead atoms. The summed E-state index contributed by atoms with van der Waals surface area (Å²) in [5.74, 6) is 0. The lowest BCUT2D eigenvalue weighted by Crippen LogP contribution is -2.22. The highest BCUT2D eigenvalue weighted by atomic mass is 16.3. The normalized spacial score (nSPS) is 39.6. The summed E-state index contributed by atoms with van der Waals surface area (Å²) in [5.41, 5.74) is -0.320. The van der Waals surface area contributed by atoms with Gasteiger partial charge in [-0.05, 0) is 19.8 Å². The van der Waals surface area contributed by atoms with Crippen LogP contribution >= 0.6 is 0 Å². The van der Waals surface area contributed by atoms with Gasteiger partial charge >= 0.3 is 0 Å². The van der Waals surface area contributed by atoms with E-state index in [0.717, 1.165) is 12.7 Å². The zero-order valence-corrected chi connectivity index (χ0v) is 6.08. The maximum Gasteiger partial charge on any atom is 0.129 e. The zero-order chi connectivity index (χ0) is 7.61. The van der Waals surface area contributed by atoms with Gasteiger partial charge in [-0.2, -0.15) is 0 Å². The fraction of sp³-hybridized carbons (Fsp3) is 0.625. The molecule has 0 amide bonds. The fourth-order valence-corrected chi connectivity index (χ4v) is 1.07. The van der Waals surface area contributed by atoms with Crippen molar-refractivity contribution in [3.05, 3.63) is 12.2 Å². The van der Waals surface area contributed by atoms with Crippen LogP contribution in [0.15, 0.2) is 12.2 Å². The van der Waals surface area contributed by atoms with Gasteiger partial charge < -0.3 is 9.90 Å². The van der Waals surface area contributed by atoms with Crippen LogP contribution in [0, 0.1) is 5.41 Å². The summed E-state index contributed by atoms with van der Waals surface area (Å²) >= 11 is 0. The molecule has 0 aromatic rings. The lowest BCUT2D eigenvalue weighted by Gasteiger charge is -2.24. The summed E-state index contributed by atoms with van der Waals surface area (Å²) in [6.07, 6.45) is 5.54. The second kappa shape index (κ2) is 2.54. The van der Waals surface area contributed by atoms with Crippen molar-refractivity contribution in [2.24, 2.45) is 5.41 Å². The van der Waals surface area contributed by atoms with E-state index in [-0.39, 0.29) is 11.5 Å². The largest absolute Gasteiger partial charge is 0.389 e. The van der Waals surface area contributed by atoms with Gasteiger partial charge in [0.15, 0.2) is 0 Å². The summed E-state index contributed by atoms with van der Waals surface area (Å²) in [5, 5.41) is 9.03. The van der Waals surface area contributed by atoms with Gasteiger partial charge in [-0.25, -0.2) is 0 Å². The minimum Gasteiger partial charge on any atom is -0.389 e. The fourth-order valence-electron chi connectivity index (χ4n) is 1.07. The third-order valence-corrected chi connectivity index (χ3v) is 1.95. The molecule has 0 fully saturated rings. The van der Waals surface area contributed by atoms with Crippen LogP contribution in [0.1, 0.15) is 19.8 Å². The number of hydrogen-bond acceptors (Lipinski definition) is 2. The van der Waals surface area contributed by atoms with Crippen LogP contribution in [-0.4, -0.2) is 17.5 Å². The average Bonchev–Trinajstić information content (AvgIpc) is 1.96. The number of aliphatic hydroxyl groups excluding tert-OH is 1. The third-order valence-electron chi connectivity index (χ3n) is 1.95. The van der Waals surface area contributed by atoms with Crippen molar-refractivity contribution in [1.82, 2.24) is 0 Å². The Balaban J connectivity index is 2.68. The van der Waals surface area contributed by atoms with Crippen molar-refractivity contribution in [3.63, 3.8) is 0 Å². The number of carbonyl (C=O) groups is 1. The van der Waals surface area contributed by atoms with Gasteiger partial charge in [-0.15, -0.1) is 0 Å².